The van der Waals surface area contributed by atoms with Crippen molar-refractivity contribution in [3.05, 3.63) is 53.5 Å². The minimum absolute atomic E-state index is 0. The van der Waals surface area contributed by atoms with E-state index in [1.165, 1.54) is 5.56 Å². The fraction of sp³-hybridized carbons (Fsp3) is 0.522. The Balaban J connectivity index is 0.00000341. The molecule has 0 saturated carbocycles. The van der Waals surface area contributed by atoms with Crippen LogP contribution in [0.1, 0.15) is 36.1 Å². The van der Waals surface area contributed by atoms with E-state index in [1.807, 2.05) is 12.1 Å². The summed E-state index contributed by atoms with van der Waals surface area (Å²) < 4.78 is 22.6. The van der Waals surface area contributed by atoms with Crippen LogP contribution in [0.4, 0.5) is 0 Å². The number of rotatable bonds is 11. The van der Waals surface area contributed by atoms with Gasteiger partial charge in [-0.2, -0.15) is 0 Å². The van der Waals surface area contributed by atoms with Crippen molar-refractivity contribution in [1.82, 2.24) is 10.6 Å². The number of benzene rings is 1. The first-order valence-electron chi connectivity index (χ1n) is 10.6. The number of nitrogens with zero attached hydrogens (tertiary/aromatic N) is 1. The summed E-state index contributed by atoms with van der Waals surface area (Å²) >= 11 is 0. The van der Waals surface area contributed by atoms with Gasteiger partial charge >= 0.3 is 0 Å². The number of aryl methyl sites for hydroxylation is 1. The number of aliphatic imine (C=N–C) groups is 1. The zero-order valence-corrected chi connectivity index (χ0v) is 20.7. The number of guanidine groups is 1. The third kappa shape index (κ3) is 9.08. The second-order valence-electron chi connectivity index (χ2n) is 7.40. The molecule has 1 unspecified atom stereocenters. The van der Waals surface area contributed by atoms with E-state index in [9.17, 15) is 0 Å². The van der Waals surface area contributed by atoms with Gasteiger partial charge in [0.15, 0.2) is 5.96 Å². The summed E-state index contributed by atoms with van der Waals surface area (Å²) in [5.74, 6) is 2.50. The molecule has 0 spiro atoms. The average molecular weight is 543 g/mol. The highest BCUT2D eigenvalue weighted by atomic mass is 127. The lowest BCUT2D eigenvalue weighted by Gasteiger charge is -2.17. The Labute approximate surface area is 202 Å². The van der Waals surface area contributed by atoms with Crippen molar-refractivity contribution in [2.24, 2.45) is 4.99 Å². The lowest BCUT2D eigenvalue weighted by atomic mass is 10.1. The molecule has 1 aliphatic heterocycles. The van der Waals surface area contributed by atoms with Crippen LogP contribution in [-0.2, 0) is 22.6 Å². The topological polar surface area (TPSA) is 77.3 Å². The van der Waals surface area contributed by atoms with Gasteiger partial charge in [0.2, 0.25) is 0 Å². The molecule has 8 heteroatoms. The number of hydrogen-bond donors (Lipinski definition) is 2. The number of ether oxygens (including phenoxy) is 3. The van der Waals surface area contributed by atoms with Crippen LogP contribution < -0.4 is 15.4 Å². The Bertz CT molecular complexity index is 777. The van der Waals surface area contributed by atoms with Gasteiger partial charge in [0.1, 0.15) is 24.7 Å². The highest BCUT2D eigenvalue weighted by Crippen LogP contribution is 2.22. The largest absolute Gasteiger partial charge is 0.491 e. The molecule has 172 valence electrons. The zero-order valence-electron chi connectivity index (χ0n) is 18.4. The molecule has 7 nitrogen and oxygen atoms in total. The van der Waals surface area contributed by atoms with Crippen molar-refractivity contribution in [3.63, 3.8) is 0 Å². The van der Waals surface area contributed by atoms with E-state index in [0.29, 0.717) is 26.4 Å². The third-order valence-corrected chi connectivity index (χ3v) is 4.92. The van der Waals surface area contributed by atoms with Crippen molar-refractivity contribution in [3.8, 4) is 5.75 Å². The fourth-order valence-electron chi connectivity index (χ4n) is 3.25. The first-order chi connectivity index (χ1) is 14.7. The van der Waals surface area contributed by atoms with Crippen LogP contribution in [0.25, 0.3) is 0 Å². The Morgan fingerprint density at radius 1 is 1.26 bits per heavy atom. The molecule has 1 fully saturated rings. The molecule has 1 aromatic heterocycles. The third-order valence-electron chi connectivity index (χ3n) is 4.92. The highest BCUT2D eigenvalue weighted by molar-refractivity contribution is 14.0. The molecule has 1 aliphatic rings. The molecule has 2 N–H and O–H groups in total. The molecule has 2 aromatic rings. The number of furan rings is 1. The number of nitrogens with one attached hydrogen (secondary N) is 2. The lowest BCUT2D eigenvalue weighted by molar-refractivity contribution is 0.0676. The van der Waals surface area contributed by atoms with E-state index >= 15 is 0 Å². The first kappa shape index (κ1) is 25.5. The maximum Gasteiger partial charge on any atom is 0.191 e. The lowest BCUT2D eigenvalue weighted by Crippen LogP contribution is -2.37. The summed E-state index contributed by atoms with van der Waals surface area (Å²) in [5, 5.41) is 6.67. The Kier molecular flexibility index (Phi) is 11.8. The van der Waals surface area contributed by atoms with Crippen LogP contribution in [0, 0.1) is 6.92 Å². The van der Waals surface area contributed by atoms with Crippen molar-refractivity contribution >= 4 is 29.9 Å². The van der Waals surface area contributed by atoms with E-state index in [2.05, 4.69) is 40.7 Å². The Hall–Kier alpha value is -1.78. The van der Waals surface area contributed by atoms with Gasteiger partial charge < -0.3 is 29.3 Å². The minimum Gasteiger partial charge on any atom is -0.491 e. The van der Waals surface area contributed by atoms with Gasteiger partial charge in [-0.1, -0.05) is 12.1 Å². The Morgan fingerprint density at radius 2 is 2.16 bits per heavy atom. The second kappa shape index (κ2) is 14.3. The summed E-state index contributed by atoms with van der Waals surface area (Å²) in [7, 11) is 1.77. The van der Waals surface area contributed by atoms with Gasteiger partial charge in [-0.05, 0) is 49.9 Å². The molecule has 3 rings (SSSR count). The van der Waals surface area contributed by atoms with Gasteiger partial charge in [-0.3, -0.25) is 4.99 Å². The van der Waals surface area contributed by atoms with E-state index in [0.717, 1.165) is 55.4 Å². The van der Waals surface area contributed by atoms with Crippen LogP contribution in [0.3, 0.4) is 0 Å². The molecule has 0 amide bonds. The molecule has 1 atom stereocenters. The van der Waals surface area contributed by atoms with Gasteiger partial charge in [-0.25, -0.2) is 0 Å². The normalized spacial score (nSPS) is 16.1. The van der Waals surface area contributed by atoms with E-state index in [4.69, 9.17) is 18.6 Å². The standard InChI is InChI=1S/C23H33N3O4.HI/c1-18-8-9-19(22(14-18)30-17-21-7-4-13-29-21)15-26-23(24-2)25-10-5-11-27-16-20-6-3-12-28-20;/h3,6,8-9,12,14,21H,4-5,7,10-11,13,15-17H2,1-2H3,(H2,24,25,26);1H. The maximum absolute atomic E-state index is 6.07. The molecule has 2 heterocycles. The monoisotopic (exact) mass is 543 g/mol. The van der Waals surface area contributed by atoms with Gasteiger partial charge in [0.05, 0.1) is 12.4 Å². The molecule has 1 aromatic carbocycles. The quantitative estimate of drug-likeness (QED) is 0.193. The van der Waals surface area contributed by atoms with Gasteiger partial charge in [0, 0.05) is 38.9 Å². The second-order valence-corrected chi connectivity index (χ2v) is 7.40. The van der Waals surface area contributed by atoms with Crippen LogP contribution in [0.15, 0.2) is 46.0 Å². The first-order valence-corrected chi connectivity index (χ1v) is 10.6. The molecular formula is C23H34IN3O4. The highest BCUT2D eigenvalue weighted by Gasteiger charge is 2.17. The smallest absolute Gasteiger partial charge is 0.191 e. The van der Waals surface area contributed by atoms with E-state index < -0.39 is 0 Å². The maximum atomic E-state index is 6.07. The van der Waals surface area contributed by atoms with Crippen LogP contribution in [0.2, 0.25) is 0 Å². The van der Waals surface area contributed by atoms with E-state index in [-0.39, 0.29) is 30.1 Å². The number of halogens is 1. The summed E-state index contributed by atoms with van der Waals surface area (Å²) in [4.78, 5) is 4.30. The number of hydrogen-bond acceptors (Lipinski definition) is 5. The van der Waals surface area contributed by atoms with E-state index in [1.54, 1.807) is 13.3 Å². The predicted octanol–water partition coefficient (Wildman–Crippen LogP) is 4.04. The fourth-order valence-corrected chi connectivity index (χ4v) is 3.25. The van der Waals surface area contributed by atoms with Crippen molar-refractivity contribution in [1.29, 1.82) is 0 Å². The summed E-state index contributed by atoms with van der Waals surface area (Å²) in [6.45, 7) is 6.08. The summed E-state index contributed by atoms with van der Waals surface area (Å²) in [5.41, 5.74) is 2.28. The van der Waals surface area contributed by atoms with Crippen LogP contribution in [-0.4, -0.2) is 45.5 Å². The minimum atomic E-state index is 0. The molecular weight excluding hydrogens is 509 g/mol. The molecule has 0 aliphatic carbocycles. The Morgan fingerprint density at radius 3 is 2.90 bits per heavy atom. The summed E-state index contributed by atoms with van der Waals surface area (Å²) in [6.07, 6.45) is 4.92. The summed E-state index contributed by atoms with van der Waals surface area (Å²) in [6, 6.07) is 10.1. The van der Waals surface area contributed by atoms with Crippen LogP contribution in [0.5, 0.6) is 5.75 Å². The van der Waals surface area contributed by atoms with Gasteiger partial charge in [0.25, 0.3) is 0 Å². The predicted molar refractivity (Wildman–Crippen MR) is 132 cm³/mol. The van der Waals surface area contributed by atoms with Crippen molar-refractivity contribution in [2.45, 2.75) is 45.4 Å². The molecule has 31 heavy (non-hydrogen) atoms. The van der Waals surface area contributed by atoms with Crippen molar-refractivity contribution < 1.29 is 18.6 Å². The van der Waals surface area contributed by atoms with Gasteiger partial charge in [-0.15, -0.1) is 24.0 Å². The van der Waals surface area contributed by atoms with Crippen molar-refractivity contribution in [2.75, 3.05) is 33.4 Å². The molecule has 0 radical (unpaired) electrons. The zero-order chi connectivity index (χ0) is 21.0. The average Bonchev–Trinajstić information content (AvgIpc) is 3.46. The molecule has 1 saturated heterocycles. The molecule has 0 bridgehead atoms. The van der Waals surface area contributed by atoms with Crippen LogP contribution >= 0.6 is 24.0 Å². The SMILES string of the molecule is CN=C(NCCCOCc1ccco1)NCc1ccc(C)cc1OCC1CCCO1.I.